The van der Waals surface area contributed by atoms with E-state index < -0.39 is 17.4 Å². The molecule has 0 fully saturated rings. The quantitative estimate of drug-likeness (QED) is 0.645. The Morgan fingerprint density at radius 1 is 1.03 bits per heavy atom. The molecule has 0 bridgehead atoms. The van der Waals surface area contributed by atoms with Gasteiger partial charge in [-0.3, -0.25) is 9.36 Å². The molecule has 0 saturated carbocycles. The minimum Gasteiger partial charge on any atom is -0.485 e. The smallest absolute Gasteiger partial charge is 0.344 e. The number of esters is 2. The highest BCUT2D eigenvalue weighted by Gasteiger charge is 2.31. The van der Waals surface area contributed by atoms with Gasteiger partial charge in [0, 0.05) is 29.0 Å². The number of carbonyl (C=O) groups is 3. The van der Waals surface area contributed by atoms with Crippen molar-refractivity contribution in [3.63, 3.8) is 0 Å². The van der Waals surface area contributed by atoms with E-state index in [1.165, 1.54) is 0 Å². The predicted octanol–water partition coefficient (Wildman–Crippen LogP) is 4.13. The molecule has 1 aliphatic rings. The van der Waals surface area contributed by atoms with Gasteiger partial charge in [0.2, 0.25) is 5.91 Å². The lowest BCUT2D eigenvalue weighted by Gasteiger charge is -2.18. The summed E-state index contributed by atoms with van der Waals surface area (Å²) in [6.07, 6.45) is 2.79. The number of nitrogens with zero attached hydrogens (tertiary/aromatic N) is 1. The van der Waals surface area contributed by atoms with Crippen LogP contribution in [0.5, 0.6) is 0 Å². The number of rotatable bonds is 6. The number of hydrogen-bond acceptors (Lipinski definition) is 6. The van der Waals surface area contributed by atoms with E-state index in [4.69, 9.17) is 14.2 Å². The van der Waals surface area contributed by atoms with E-state index in [1.807, 2.05) is 39.1 Å². The van der Waals surface area contributed by atoms with Crippen molar-refractivity contribution in [3.8, 4) is 0 Å². The molecule has 0 N–H and O–H groups in total. The van der Waals surface area contributed by atoms with Gasteiger partial charge in [0.1, 0.15) is 11.3 Å². The van der Waals surface area contributed by atoms with Crippen molar-refractivity contribution in [1.82, 2.24) is 4.57 Å². The molecule has 7 nitrogen and oxygen atoms in total. The maximum Gasteiger partial charge on any atom is 0.344 e. The number of ether oxygens (including phenoxy) is 3. The van der Waals surface area contributed by atoms with Crippen LogP contribution >= 0.6 is 0 Å². The Balaban J connectivity index is 2.16. The molecule has 1 aromatic heterocycles. The number of benzene rings is 1. The molecular weight excluding hydrogens is 398 g/mol. The molecule has 31 heavy (non-hydrogen) atoms. The Bertz CT molecular complexity index is 1050. The van der Waals surface area contributed by atoms with Crippen molar-refractivity contribution >= 4 is 34.3 Å². The Kier molecular flexibility index (Phi) is 6.53. The summed E-state index contributed by atoms with van der Waals surface area (Å²) in [7, 11) is 0. The van der Waals surface area contributed by atoms with Crippen molar-refractivity contribution in [2.45, 2.75) is 47.5 Å². The Hall–Kier alpha value is -3.09. The number of carbonyl (C=O) groups excluding carboxylic acids is 3. The molecule has 0 saturated heterocycles. The van der Waals surface area contributed by atoms with Crippen LogP contribution in [-0.2, 0) is 30.2 Å². The lowest BCUT2D eigenvalue weighted by atomic mass is 9.95. The van der Waals surface area contributed by atoms with E-state index in [0.717, 1.165) is 16.5 Å². The van der Waals surface area contributed by atoms with Crippen LogP contribution in [-0.4, -0.2) is 42.2 Å². The molecule has 0 unspecified atom stereocenters. The minimum absolute atomic E-state index is 0.0260. The van der Waals surface area contributed by atoms with Crippen LogP contribution in [0.3, 0.4) is 0 Å². The van der Waals surface area contributed by atoms with Crippen LogP contribution in [0.1, 0.15) is 57.0 Å². The zero-order chi connectivity index (χ0) is 22.8. The van der Waals surface area contributed by atoms with E-state index in [0.29, 0.717) is 24.2 Å². The molecule has 2 aromatic rings. The van der Waals surface area contributed by atoms with Crippen molar-refractivity contribution in [2.75, 3.05) is 19.8 Å². The Labute approximate surface area is 182 Å². The summed E-state index contributed by atoms with van der Waals surface area (Å²) in [5, 5.41) is 0.831. The standard InChI is InChI=1S/C24H29NO6/c1-6-29-19(26)14-31-18-12-11-15-13-25(23(28)24(3,4)5)17-10-8-9-16(20(15)17)21(18)22(27)30-7-2/h8-10,13H,6-7,11-12,14H2,1-5H3. The fourth-order valence-corrected chi connectivity index (χ4v) is 3.74. The van der Waals surface area contributed by atoms with Gasteiger partial charge in [-0.25, -0.2) is 9.59 Å². The maximum absolute atomic E-state index is 13.0. The first-order chi connectivity index (χ1) is 14.7. The summed E-state index contributed by atoms with van der Waals surface area (Å²) < 4.78 is 17.7. The third-order valence-electron chi connectivity index (χ3n) is 5.09. The Morgan fingerprint density at radius 2 is 1.74 bits per heavy atom. The van der Waals surface area contributed by atoms with Crippen LogP contribution in [0.2, 0.25) is 0 Å². The van der Waals surface area contributed by atoms with Crippen LogP contribution in [0.15, 0.2) is 30.2 Å². The lowest BCUT2D eigenvalue weighted by molar-refractivity contribution is -0.147. The first kappa shape index (κ1) is 22.6. The van der Waals surface area contributed by atoms with E-state index in [1.54, 1.807) is 24.5 Å². The van der Waals surface area contributed by atoms with Gasteiger partial charge in [-0.2, -0.15) is 0 Å². The molecule has 0 aliphatic heterocycles. The van der Waals surface area contributed by atoms with E-state index >= 15 is 0 Å². The number of hydrogen-bond donors (Lipinski definition) is 0. The number of aryl methyl sites for hydroxylation is 1. The summed E-state index contributed by atoms with van der Waals surface area (Å²) in [4.78, 5) is 37.8. The average Bonchev–Trinajstić information content (AvgIpc) is 2.99. The van der Waals surface area contributed by atoms with E-state index in [9.17, 15) is 14.4 Å². The largest absolute Gasteiger partial charge is 0.485 e. The fourth-order valence-electron chi connectivity index (χ4n) is 3.74. The van der Waals surface area contributed by atoms with Crippen LogP contribution in [0.4, 0.5) is 0 Å². The fraction of sp³-hybridized carbons (Fsp3) is 0.458. The van der Waals surface area contributed by atoms with Crippen molar-refractivity contribution in [2.24, 2.45) is 5.41 Å². The first-order valence-electron chi connectivity index (χ1n) is 10.6. The van der Waals surface area contributed by atoms with Gasteiger partial charge in [0.25, 0.3) is 0 Å². The van der Waals surface area contributed by atoms with Gasteiger partial charge in [0.15, 0.2) is 6.61 Å². The average molecular weight is 427 g/mol. The third kappa shape index (κ3) is 4.50. The summed E-state index contributed by atoms with van der Waals surface area (Å²) in [5.41, 5.74) is 2.05. The van der Waals surface area contributed by atoms with E-state index in [-0.39, 0.29) is 31.3 Å². The number of aromatic nitrogens is 1. The molecule has 0 spiro atoms. The van der Waals surface area contributed by atoms with Crippen molar-refractivity contribution in [1.29, 1.82) is 0 Å². The lowest BCUT2D eigenvalue weighted by Crippen LogP contribution is -2.26. The molecule has 1 aliphatic carbocycles. The van der Waals surface area contributed by atoms with Crippen LogP contribution in [0, 0.1) is 5.41 Å². The minimum atomic E-state index is -0.558. The van der Waals surface area contributed by atoms with Crippen LogP contribution < -0.4 is 0 Å². The second kappa shape index (κ2) is 8.96. The summed E-state index contributed by atoms with van der Waals surface area (Å²) in [6.45, 7) is 9.26. The monoisotopic (exact) mass is 427 g/mol. The summed E-state index contributed by atoms with van der Waals surface area (Å²) >= 11 is 0. The van der Waals surface area contributed by atoms with E-state index in [2.05, 4.69) is 0 Å². The van der Waals surface area contributed by atoms with Crippen molar-refractivity contribution in [3.05, 3.63) is 41.3 Å². The molecule has 0 atom stereocenters. The highest BCUT2D eigenvalue weighted by Crippen LogP contribution is 2.38. The molecular formula is C24H29NO6. The maximum atomic E-state index is 13.0. The van der Waals surface area contributed by atoms with Gasteiger partial charge in [-0.05, 0) is 31.9 Å². The second-order valence-corrected chi connectivity index (χ2v) is 8.39. The zero-order valence-corrected chi connectivity index (χ0v) is 18.7. The molecule has 0 radical (unpaired) electrons. The van der Waals surface area contributed by atoms with Gasteiger partial charge in [-0.15, -0.1) is 0 Å². The normalized spacial score (nSPS) is 13.7. The highest BCUT2D eigenvalue weighted by molar-refractivity contribution is 6.21. The predicted molar refractivity (Wildman–Crippen MR) is 116 cm³/mol. The summed E-state index contributed by atoms with van der Waals surface area (Å²) in [6, 6.07) is 5.50. The molecule has 3 rings (SSSR count). The molecule has 166 valence electrons. The molecule has 0 amide bonds. The first-order valence-corrected chi connectivity index (χ1v) is 10.6. The SMILES string of the molecule is CCOC(=O)COC1=C(C(=O)OCC)c2cccc3c2c(cn3C(=O)C(C)(C)C)CC1. The molecule has 7 heteroatoms. The Morgan fingerprint density at radius 3 is 2.39 bits per heavy atom. The molecule has 1 aromatic carbocycles. The van der Waals surface area contributed by atoms with Gasteiger partial charge < -0.3 is 14.2 Å². The van der Waals surface area contributed by atoms with Gasteiger partial charge in [0.05, 0.1) is 18.7 Å². The second-order valence-electron chi connectivity index (χ2n) is 8.39. The van der Waals surface area contributed by atoms with Gasteiger partial charge >= 0.3 is 11.9 Å². The topological polar surface area (TPSA) is 83.8 Å². The highest BCUT2D eigenvalue weighted by atomic mass is 16.6. The number of allylic oxidation sites excluding steroid dienone is 1. The van der Waals surface area contributed by atoms with Crippen LogP contribution in [0.25, 0.3) is 16.5 Å². The third-order valence-corrected chi connectivity index (χ3v) is 5.09. The molecule has 1 heterocycles. The van der Waals surface area contributed by atoms with Gasteiger partial charge in [-0.1, -0.05) is 32.9 Å². The summed E-state index contributed by atoms with van der Waals surface area (Å²) in [5.74, 6) is -0.649. The zero-order valence-electron chi connectivity index (χ0n) is 18.7. The van der Waals surface area contributed by atoms with Crippen molar-refractivity contribution < 1.29 is 28.6 Å².